The van der Waals surface area contributed by atoms with Gasteiger partial charge in [0.2, 0.25) is 0 Å². The molecular formula is C20H18N4O4S2. The Kier molecular flexibility index (Phi) is 5.96. The molecule has 30 heavy (non-hydrogen) atoms. The molecule has 154 valence electrons. The molecule has 0 saturated heterocycles. The molecule has 0 saturated carbocycles. The molecule has 0 aliphatic heterocycles. The van der Waals surface area contributed by atoms with E-state index < -0.39 is 0 Å². The smallest absolute Gasteiger partial charge is 0.162 e. The molecule has 0 amide bonds. The average Bonchev–Trinajstić information content (AvgIpc) is 2.80. The van der Waals surface area contributed by atoms with Gasteiger partial charge in [0.25, 0.3) is 0 Å². The van der Waals surface area contributed by atoms with E-state index in [2.05, 4.69) is 19.9 Å². The number of nitrogens with zero attached hydrogens (tertiary/aromatic N) is 4. The molecule has 2 aromatic heterocycles. The van der Waals surface area contributed by atoms with Crippen molar-refractivity contribution < 1.29 is 18.9 Å². The van der Waals surface area contributed by atoms with Crippen molar-refractivity contribution in [2.75, 3.05) is 28.4 Å². The zero-order valence-electron chi connectivity index (χ0n) is 16.7. The summed E-state index contributed by atoms with van der Waals surface area (Å²) < 4.78 is 21.6. The molecule has 0 atom stereocenters. The zero-order valence-corrected chi connectivity index (χ0v) is 18.3. The Morgan fingerprint density at radius 3 is 1.27 bits per heavy atom. The van der Waals surface area contributed by atoms with E-state index in [1.54, 1.807) is 28.4 Å². The second-order valence-electron chi connectivity index (χ2n) is 5.97. The first-order valence-corrected chi connectivity index (χ1v) is 10.9. The predicted octanol–water partition coefficient (Wildman–Crippen LogP) is 4.41. The summed E-state index contributed by atoms with van der Waals surface area (Å²) in [5.74, 6) is 2.48. The van der Waals surface area contributed by atoms with Crippen LogP contribution in [0.4, 0.5) is 0 Å². The van der Waals surface area contributed by atoms with Gasteiger partial charge in [-0.15, -0.1) is 0 Å². The molecule has 0 bridgehead atoms. The van der Waals surface area contributed by atoms with E-state index in [0.717, 1.165) is 31.9 Å². The van der Waals surface area contributed by atoms with Crippen LogP contribution >= 0.6 is 21.6 Å². The Bertz CT molecular complexity index is 1130. The molecule has 0 aliphatic rings. The van der Waals surface area contributed by atoms with Crippen molar-refractivity contribution in [3.8, 4) is 23.0 Å². The van der Waals surface area contributed by atoms with Crippen LogP contribution in [0.2, 0.25) is 0 Å². The molecule has 0 fully saturated rings. The fourth-order valence-corrected chi connectivity index (χ4v) is 5.05. The van der Waals surface area contributed by atoms with E-state index in [9.17, 15) is 0 Å². The summed E-state index contributed by atoms with van der Waals surface area (Å²) in [4.78, 5) is 17.6. The SMILES string of the molecule is COc1cc2ncnc(SSc3ncnc4cc(OC)c(OC)cc34)c2cc1OC. The van der Waals surface area contributed by atoms with Crippen LogP contribution in [0.3, 0.4) is 0 Å². The molecule has 8 nitrogen and oxygen atoms in total. The highest BCUT2D eigenvalue weighted by molar-refractivity contribution is 8.76. The van der Waals surface area contributed by atoms with E-state index in [4.69, 9.17) is 18.9 Å². The summed E-state index contributed by atoms with van der Waals surface area (Å²) in [5, 5.41) is 3.31. The van der Waals surface area contributed by atoms with Crippen molar-refractivity contribution in [1.82, 2.24) is 19.9 Å². The van der Waals surface area contributed by atoms with Gasteiger partial charge in [0, 0.05) is 22.9 Å². The lowest BCUT2D eigenvalue weighted by Crippen LogP contribution is -1.94. The van der Waals surface area contributed by atoms with Crippen LogP contribution in [-0.4, -0.2) is 48.4 Å². The quantitative estimate of drug-likeness (QED) is 0.303. The van der Waals surface area contributed by atoms with Gasteiger partial charge in [0.15, 0.2) is 23.0 Å². The molecule has 4 rings (SSSR count). The molecule has 0 radical (unpaired) electrons. The Labute approximate surface area is 180 Å². The van der Waals surface area contributed by atoms with Gasteiger partial charge in [-0.1, -0.05) is 0 Å². The van der Waals surface area contributed by atoms with Crippen LogP contribution in [0.15, 0.2) is 47.0 Å². The first-order chi connectivity index (χ1) is 14.7. The summed E-state index contributed by atoms with van der Waals surface area (Å²) in [7, 11) is 9.36. The van der Waals surface area contributed by atoms with Crippen LogP contribution in [0, 0.1) is 0 Å². The highest BCUT2D eigenvalue weighted by Gasteiger charge is 2.15. The molecule has 4 aromatic rings. The lowest BCUT2D eigenvalue weighted by Gasteiger charge is -2.11. The van der Waals surface area contributed by atoms with E-state index in [-0.39, 0.29) is 0 Å². The molecule has 0 unspecified atom stereocenters. The Hall–Kier alpha value is -2.98. The number of methoxy groups -OCH3 is 4. The Morgan fingerprint density at radius 2 is 0.900 bits per heavy atom. The first kappa shape index (κ1) is 20.3. The van der Waals surface area contributed by atoms with Crippen LogP contribution in [0.25, 0.3) is 21.8 Å². The third-order valence-electron chi connectivity index (χ3n) is 4.41. The van der Waals surface area contributed by atoms with Gasteiger partial charge in [-0.2, -0.15) is 0 Å². The number of ether oxygens (including phenoxy) is 4. The fourth-order valence-electron chi connectivity index (χ4n) is 2.93. The van der Waals surface area contributed by atoms with Crippen LogP contribution < -0.4 is 18.9 Å². The van der Waals surface area contributed by atoms with Crippen LogP contribution in [0.5, 0.6) is 23.0 Å². The van der Waals surface area contributed by atoms with Crippen molar-refractivity contribution >= 4 is 43.4 Å². The lowest BCUT2D eigenvalue weighted by molar-refractivity contribution is 0.355. The van der Waals surface area contributed by atoms with Gasteiger partial charge in [-0.25, -0.2) is 19.9 Å². The highest BCUT2D eigenvalue weighted by Crippen LogP contribution is 2.43. The summed E-state index contributed by atoms with van der Waals surface area (Å²) in [6.45, 7) is 0. The summed E-state index contributed by atoms with van der Waals surface area (Å²) in [6.07, 6.45) is 3.06. The maximum atomic E-state index is 5.42. The third-order valence-corrected chi connectivity index (χ3v) is 6.65. The molecule has 10 heteroatoms. The Balaban J connectivity index is 1.71. The van der Waals surface area contributed by atoms with Gasteiger partial charge in [-0.05, 0) is 33.7 Å². The minimum Gasteiger partial charge on any atom is -0.493 e. The van der Waals surface area contributed by atoms with E-state index in [0.29, 0.717) is 23.0 Å². The van der Waals surface area contributed by atoms with Crippen molar-refractivity contribution in [3.05, 3.63) is 36.9 Å². The molecule has 0 aliphatic carbocycles. The largest absolute Gasteiger partial charge is 0.493 e. The molecule has 0 N–H and O–H groups in total. The van der Waals surface area contributed by atoms with Gasteiger partial charge < -0.3 is 18.9 Å². The van der Waals surface area contributed by atoms with Crippen molar-refractivity contribution in [2.45, 2.75) is 10.1 Å². The maximum absolute atomic E-state index is 5.42. The van der Waals surface area contributed by atoms with Gasteiger partial charge in [0.05, 0.1) is 39.5 Å². The summed E-state index contributed by atoms with van der Waals surface area (Å²) >= 11 is 0. The van der Waals surface area contributed by atoms with E-state index in [1.807, 2.05) is 24.3 Å². The standard InChI is InChI=1S/C20H18N4O4S2/c1-25-15-5-11-13(7-17(15)27-3)21-9-23-19(11)29-30-20-12-6-16(26-2)18(28-4)8-14(12)22-10-24-20/h5-10H,1-4H3. The average molecular weight is 443 g/mol. The minimum atomic E-state index is 0.620. The van der Waals surface area contributed by atoms with E-state index in [1.165, 1.54) is 34.2 Å². The number of aromatic nitrogens is 4. The first-order valence-electron chi connectivity index (χ1n) is 8.76. The lowest BCUT2D eigenvalue weighted by atomic mass is 10.2. The monoisotopic (exact) mass is 442 g/mol. The highest BCUT2D eigenvalue weighted by atomic mass is 33.1. The number of fused-ring (bicyclic) bond motifs is 2. The summed E-state index contributed by atoms with van der Waals surface area (Å²) in [5.41, 5.74) is 1.54. The van der Waals surface area contributed by atoms with Crippen molar-refractivity contribution in [2.24, 2.45) is 0 Å². The topological polar surface area (TPSA) is 88.5 Å². The molecule has 0 spiro atoms. The fraction of sp³-hybridized carbons (Fsp3) is 0.200. The zero-order chi connectivity index (χ0) is 21.1. The predicted molar refractivity (Wildman–Crippen MR) is 117 cm³/mol. The summed E-state index contributed by atoms with van der Waals surface area (Å²) in [6, 6.07) is 7.43. The Morgan fingerprint density at radius 1 is 0.533 bits per heavy atom. The third kappa shape index (κ3) is 3.75. The van der Waals surface area contributed by atoms with Crippen LogP contribution in [-0.2, 0) is 0 Å². The normalized spacial score (nSPS) is 10.9. The second-order valence-corrected chi connectivity index (χ2v) is 8.08. The number of benzene rings is 2. The number of hydrogen-bond donors (Lipinski definition) is 0. The second kappa shape index (κ2) is 8.80. The number of hydrogen-bond acceptors (Lipinski definition) is 10. The van der Waals surface area contributed by atoms with Gasteiger partial charge in [0.1, 0.15) is 22.7 Å². The molecule has 2 aromatic carbocycles. The molecule has 2 heterocycles. The van der Waals surface area contributed by atoms with Crippen molar-refractivity contribution in [3.63, 3.8) is 0 Å². The molecular weight excluding hydrogens is 424 g/mol. The van der Waals surface area contributed by atoms with Gasteiger partial charge >= 0.3 is 0 Å². The van der Waals surface area contributed by atoms with Crippen molar-refractivity contribution in [1.29, 1.82) is 0 Å². The maximum Gasteiger partial charge on any atom is 0.162 e. The number of rotatable bonds is 7. The van der Waals surface area contributed by atoms with Crippen LogP contribution in [0.1, 0.15) is 0 Å². The van der Waals surface area contributed by atoms with Gasteiger partial charge in [-0.3, -0.25) is 0 Å². The minimum absolute atomic E-state index is 0.620. The van der Waals surface area contributed by atoms with E-state index >= 15 is 0 Å².